The number of hydrogen-bond donors (Lipinski definition) is 0. The summed E-state index contributed by atoms with van der Waals surface area (Å²) in [5, 5.41) is 9.69. The second-order valence-electron chi connectivity index (χ2n) is 6.05. The van der Waals surface area contributed by atoms with E-state index in [0.29, 0.717) is 12.4 Å². The molecule has 1 aromatic heterocycles. The lowest BCUT2D eigenvalue weighted by Gasteiger charge is -2.11. The summed E-state index contributed by atoms with van der Waals surface area (Å²) in [6.45, 7) is 0.605. The monoisotopic (exact) mass is 335 g/mol. The lowest BCUT2D eigenvalue weighted by atomic mass is 10.0. The van der Waals surface area contributed by atoms with Gasteiger partial charge in [0.1, 0.15) is 6.07 Å². The Hall–Kier alpha value is -3.64. The summed E-state index contributed by atoms with van der Waals surface area (Å²) in [5.74, 6) is 0.423. The van der Waals surface area contributed by atoms with Gasteiger partial charge in [-0.25, -0.2) is 4.98 Å². The van der Waals surface area contributed by atoms with E-state index in [2.05, 4.69) is 35.3 Å². The van der Waals surface area contributed by atoms with Crippen LogP contribution in [0.5, 0.6) is 0 Å². The van der Waals surface area contributed by atoms with Crippen LogP contribution in [0, 0.1) is 11.3 Å². The van der Waals surface area contributed by atoms with Crippen LogP contribution < -0.4 is 0 Å². The molecule has 3 aromatic carbocycles. The zero-order valence-electron chi connectivity index (χ0n) is 14.2. The van der Waals surface area contributed by atoms with Crippen molar-refractivity contribution >= 4 is 0 Å². The van der Waals surface area contributed by atoms with E-state index in [1.165, 1.54) is 0 Å². The van der Waals surface area contributed by atoms with Crippen molar-refractivity contribution in [1.82, 2.24) is 9.55 Å². The Labute approximate surface area is 152 Å². The summed E-state index contributed by atoms with van der Waals surface area (Å²) in [6.07, 6.45) is 0. The molecular weight excluding hydrogens is 318 g/mol. The highest BCUT2D eigenvalue weighted by molar-refractivity contribution is 5.79. The van der Waals surface area contributed by atoms with Crippen molar-refractivity contribution in [1.29, 1.82) is 5.26 Å². The number of nitrogens with zero attached hydrogens (tertiary/aromatic N) is 3. The minimum absolute atomic E-state index is 0.423. The number of imidazole rings is 1. The molecule has 124 valence electrons. The Morgan fingerprint density at radius 2 is 1.27 bits per heavy atom. The first-order valence-electron chi connectivity index (χ1n) is 8.52. The van der Waals surface area contributed by atoms with Crippen molar-refractivity contribution in [2.75, 3.05) is 0 Å². The highest BCUT2D eigenvalue weighted by Gasteiger charge is 2.19. The van der Waals surface area contributed by atoms with Gasteiger partial charge in [0, 0.05) is 11.1 Å². The molecule has 0 aliphatic rings. The van der Waals surface area contributed by atoms with Crippen LogP contribution in [0.2, 0.25) is 0 Å². The first kappa shape index (κ1) is 15.9. The van der Waals surface area contributed by atoms with Gasteiger partial charge in [0.2, 0.25) is 5.82 Å². The van der Waals surface area contributed by atoms with Gasteiger partial charge in [-0.2, -0.15) is 5.26 Å². The van der Waals surface area contributed by atoms with Crippen LogP contribution >= 0.6 is 0 Å². The minimum Gasteiger partial charge on any atom is -0.310 e. The van der Waals surface area contributed by atoms with Crippen LogP contribution in [-0.4, -0.2) is 9.55 Å². The third-order valence-corrected chi connectivity index (χ3v) is 4.35. The standard InChI is InChI=1S/C23H17N3/c24-16-21-25-22(19-12-6-2-7-13-19)23(20-14-8-3-9-15-20)26(21)17-18-10-4-1-5-11-18/h1-15H,17H2. The molecule has 1 heterocycles. The molecule has 0 saturated carbocycles. The molecule has 26 heavy (non-hydrogen) atoms. The van der Waals surface area contributed by atoms with E-state index in [-0.39, 0.29) is 0 Å². The van der Waals surface area contributed by atoms with Crippen molar-refractivity contribution < 1.29 is 0 Å². The molecule has 0 saturated heterocycles. The highest BCUT2D eigenvalue weighted by Crippen LogP contribution is 2.33. The van der Waals surface area contributed by atoms with E-state index in [4.69, 9.17) is 0 Å². The summed E-state index contributed by atoms with van der Waals surface area (Å²) in [4.78, 5) is 4.67. The molecule has 0 aliphatic heterocycles. The fourth-order valence-corrected chi connectivity index (χ4v) is 3.14. The molecule has 0 spiro atoms. The first-order valence-corrected chi connectivity index (χ1v) is 8.52. The minimum atomic E-state index is 0.423. The Morgan fingerprint density at radius 3 is 1.85 bits per heavy atom. The van der Waals surface area contributed by atoms with Crippen LogP contribution in [0.4, 0.5) is 0 Å². The largest absolute Gasteiger partial charge is 0.310 e. The van der Waals surface area contributed by atoms with Crippen molar-refractivity contribution in [2.45, 2.75) is 6.54 Å². The van der Waals surface area contributed by atoms with E-state index >= 15 is 0 Å². The van der Waals surface area contributed by atoms with Crippen LogP contribution in [0.15, 0.2) is 91.0 Å². The average Bonchev–Trinajstić information content (AvgIpc) is 3.08. The number of hydrogen-bond acceptors (Lipinski definition) is 2. The van der Waals surface area contributed by atoms with Gasteiger partial charge in [-0.3, -0.25) is 0 Å². The molecule has 0 atom stereocenters. The summed E-state index contributed by atoms with van der Waals surface area (Å²) in [7, 11) is 0. The molecule has 0 unspecified atom stereocenters. The fraction of sp³-hybridized carbons (Fsp3) is 0.0435. The maximum Gasteiger partial charge on any atom is 0.214 e. The molecule has 4 aromatic rings. The normalized spacial score (nSPS) is 10.4. The van der Waals surface area contributed by atoms with Gasteiger partial charge < -0.3 is 4.57 Å². The van der Waals surface area contributed by atoms with Crippen molar-refractivity contribution in [2.24, 2.45) is 0 Å². The smallest absolute Gasteiger partial charge is 0.214 e. The maximum absolute atomic E-state index is 9.69. The lowest BCUT2D eigenvalue weighted by Crippen LogP contribution is -2.04. The summed E-state index contributed by atoms with van der Waals surface area (Å²) in [6, 6.07) is 32.6. The van der Waals surface area contributed by atoms with E-state index < -0.39 is 0 Å². The molecule has 0 fully saturated rings. The molecule has 0 bridgehead atoms. The third-order valence-electron chi connectivity index (χ3n) is 4.35. The van der Waals surface area contributed by atoms with Crippen LogP contribution in [0.1, 0.15) is 11.4 Å². The number of nitriles is 1. The van der Waals surface area contributed by atoms with Crippen molar-refractivity contribution in [3.63, 3.8) is 0 Å². The van der Waals surface area contributed by atoms with E-state index in [1.54, 1.807) is 0 Å². The first-order chi connectivity index (χ1) is 12.9. The van der Waals surface area contributed by atoms with Gasteiger partial charge in [-0.05, 0) is 5.56 Å². The lowest BCUT2D eigenvalue weighted by molar-refractivity contribution is 0.789. The number of rotatable bonds is 4. The topological polar surface area (TPSA) is 41.6 Å². The molecule has 0 N–H and O–H groups in total. The van der Waals surface area contributed by atoms with Gasteiger partial charge in [0.15, 0.2) is 0 Å². The molecule has 0 aliphatic carbocycles. The van der Waals surface area contributed by atoms with Gasteiger partial charge in [-0.15, -0.1) is 0 Å². The number of benzene rings is 3. The van der Waals surface area contributed by atoms with Gasteiger partial charge in [-0.1, -0.05) is 91.0 Å². The second-order valence-corrected chi connectivity index (χ2v) is 6.05. The van der Waals surface area contributed by atoms with Crippen molar-refractivity contribution in [3.8, 4) is 28.6 Å². The Morgan fingerprint density at radius 1 is 0.731 bits per heavy atom. The molecule has 4 rings (SSSR count). The SMILES string of the molecule is N#Cc1nc(-c2ccccc2)c(-c2ccccc2)n1Cc1ccccc1. The van der Waals surface area contributed by atoms with Crippen LogP contribution in [-0.2, 0) is 6.54 Å². The van der Waals surface area contributed by atoms with E-state index in [9.17, 15) is 5.26 Å². The maximum atomic E-state index is 9.69. The van der Waals surface area contributed by atoms with Gasteiger partial charge in [0.25, 0.3) is 0 Å². The van der Waals surface area contributed by atoms with Crippen LogP contribution in [0.3, 0.4) is 0 Å². The zero-order chi connectivity index (χ0) is 17.8. The predicted molar refractivity (Wildman–Crippen MR) is 103 cm³/mol. The predicted octanol–water partition coefficient (Wildman–Crippen LogP) is 5.14. The molecule has 3 nitrogen and oxygen atoms in total. The zero-order valence-corrected chi connectivity index (χ0v) is 14.2. The second kappa shape index (κ2) is 7.08. The molecule has 3 heteroatoms. The quantitative estimate of drug-likeness (QED) is 0.518. The van der Waals surface area contributed by atoms with Crippen LogP contribution in [0.25, 0.3) is 22.5 Å². The Bertz CT molecular complexity index is 1040. The fourth-order valence-electron chi connectivity index (χ4n) is 3.14. The Balaban J connectivity index is 1.95. The summed E-state index contributed by atoms with van der Waals surface area (Å²) < 4.78 is 2.01. The summed E-state index contributed by atoms with van der Waals surface area (Å²) >= 11 is 0. The highest BCUT2D eigenvalue weighted by atomic mass is 15.1. The molecule has 0 radical (unpaired) electrons. The van der Waals surface area contributed by atoms with Gasteiger partial charge >= 0.3 is 0 Å². The van der Waals surface area contributed by atoms with Crippen molar-refractivity contribution in [3.05, 3.63) is 102 Å². The van der Waals surface area contributed by atoms with Gasteiger partial charge in [0.05, 0.1) is 17.9 Å². The summed E-state index contributed by atoms with van der Waals surface area (Å²) in [5.41, 5.74) is 5.01. The average molecular weight is 335 g/mol. The number of aromatic nitrogens is 2. The van der Waals surface area contributed by atoms with E-state index in [1.807, 2.05) is 71.3 Å². The Kier molecular flexibility index (Phi) is 4.32. The molecule has 0 amide bonds. The van der Waals surface area contributed by atoms with E-state index in [0.717, 1.165) is 28.1 Å². The third kappa shape index (κ3) is 3.01. The molecular formula is C23H17N3.